The van der Waals surface area contributed by atoms with E-state index in [0.29, 0.717) is 17.8 Å². The Hall–Kier alpha value is -1.40. The Morgan fingerprint density at radius 2 is 2.35 bits per heavy atom. The summed E-state index contributed by atoms with van der Waals surface area (Å²) < 4.78 is 0. The fraction of sp³-hybridized carbons (Fsp3) is 0.765. The van der Waals surface area contributed by atoms with Crippen molar-refractivity contribution in [3.8, 4) is 0 Å². The summed E-state index contributed by atoms with van der Waals surface area (Å²) in [4.78, 5) is 21.7. The molecule has 1 amide bonds. The number of likely N-dealkylation sites (tertiary alicyclic amines) is 1. The fourth-order valence-corrected chi connectivity index (χ4v) is 4.85. The Labute approximate surface area is 137 Å². The molecule has 6 nitrogen and oxygen atoms in total. The molecule has 2 aliphatic rings. The molecule has 0 bridgehead atoms. The van der Waals surface area contributed by atoms with E-state index < -0.39 is 6.10 Å². The number of hydrogen-bond donors (Lipinski definition) is 3. The van der Waals surface area contributed by atoms with E-state index in [1.54, 1.807) is 12.4 Å². The fourth-order valence-electron chi connectivity index (χ4n) is 4.85. The summed E-state index contributed by atoms with van der Waals surface area (Å²) in [6.45, 7) is 8.78. The van der Waals surface area contributed by atoms with Gasteiger partial charge in [0, 0.05) is 30.4 Å². The van der Waals surface area contributed by atoms with Crippen molar-refractivity contribution in [2.45, 2.75) is 58.2 Å². The molecule has 1 aliphatic heterocycles. The lowest BCUT2D eigenvalue weighted by Crippen LogP contribution is -2.65. The molecule has 2 heterocycles. The van der Waals surface area contributed by atoms with Crippen LogP contribution in [0.5, 0.6) is 0 Å². The van der Waals surface area contributed by atoms with Crippen molar-refractivity contribution in [3.05, 3.63) is 18.2 Å². The summed E-state index contributed by atoms with van der Waals surface area (Å²) in [5.74, 6) is 1.15. The highest BCUT2D eigenvalue weighted by Gasteiger charge is 2.58. The summed E-state index contributed by atoms with van der Waals surface area (Å²) in [5, 5.41) is 13.5. The van der Waals surface area contributed by atoms with Gasteiger partial charge in [0.25, 0.3) is 0 Å². The van der Waals surface area contributed by atoms with Gasteiger partial charge in [0.05, 0.1) is 18.6 Å². The molecule has 1 saturated heterocycles. The number of nitrogens with zero attached hydrogens (tertiary/aromatic N) is 2. The topological polar surface area (TPSA) is 81.2 Å². The first-order valence-electron chi connectivity index (χ1n) is 8.65. The van der Waals surface area contributed by atoms with Crippen LogP contribution in [0.4, 0.5) is 0 Å². The number of imidazole rings is 1. The Balaban J connectivity index is 1.61. The van der Waals surface area contributed by atoms with Crippen molar-refractivity contribution in [2.75, 3.05) is 13.1 Å². The van der Waals surface area contributed by atoms with Crippen LogP contribution < -0.4 is 5.32 Å². The van der Waals surface area contributed by atoms with Gasteiger partial charge in [-0.3, -0.25) is 9.69 Å². The summed E-state index contributed by atoms with van der Waals surface area (Å²) in [5.41, 5.74) is 0.159. The molecule has 4 atom stereocenters. The van der Waals surface area contributed by atoms with Crippen LogP contribution in [0.1, 0.15) is 39.4 Å². The van der Waals surface area contributed by atoms with Crippen molar-refractivity contribution in [2.24, 2.45) is 11.3 Å². The predicted molar refractivity (Wildman–Crippen MR) is 87.8 cm³/mol. The van der Waals surface area contributed by atoms with Crippen LogP contribution in [-0.2, 0) is 11.2 Å². The van der Waals surface area contributed by atoms with Crippen LogP contribution in [0.2, 0.25) is 0 Å². The van der Waals surface area contributed by atoms with E-state index >= 15 is 0 Å². The van der Waals surface area contributed by atoms with Crippen LogP contribution in [0.25, 0.3) is 0 Å². The number of aliphatic hydroxyl groups is 1. The molecule has 2 fully saturated rings. The number of rotatable bonds is 5. The van der Waals surface area contributed by atoms with E-state index in [1.165, 1.54) is 0 Å². The van der Waals surface area contributed by atoms with Crippen molar-refractivity contribution < 1.29 is 9.90 Å². The highest BCUT2D eigenvalue weighted by molar-refractivity contribution is 5.78. The third-order valence-corrected chi connectivity index (χ3v) is 5.51. The molecule has 3 N–H and O–H groups in total. The van der Waals surface area contributed by atoms with Gasteiger partial charge in [0.2, 0.25) is 5.91 Å². The van der Waals surface area contributed by atoms with Crippen LogP contribution in [0, 0.1) is 11.3 Å². The molecule has 1 spiro atoms. The number of carbonyl (C=O) groups is 1. The minimum absolute atomic E-state index is 0.0752. The molecule has 2 unspecified atom stereocenters. The van der Waals surface area contributed by atoms with Crippen molar-refractivity contribution in [1.82, 2.24) is 20.2 Å². The van der Waals surface area contributed by atoms with Crippen LogP contribution in [-0.4, -0.2) is 57.2 Å². The Morgan fingerprint density at radius 3 is 2.96 bits per heavy atom. The molecule has 0 radical (unpaired) electrons. The second-order valence-corrected chi connectivity index (χ2v) is 7.48. The molecular weight excluding hydrogens is 292 g/mol. The smallest absolute Gasteiger partial charge is 0.227 e. The van der Waals surface area contributed by atoms with Gasteiger partial charge >= 0.3 is 0 Å². The monoisotopic (exact) mass is 320 g/mol. The van der Waals surface area contributed by atoms with Crippen LogP contribution in [0.3, 0.4) is 0 Å². The Kier molecular flexibility index (Phi) is 4.47. The third-order valence-electron chi connectivity index (χ3n) is 5.51. The number of hydrogen-bond acceptors (Lipinski definition) is 4. The largest absolute Gasteiger partial charge is 0.391 e. The number of nitrogens with one attached hydrogen (secondary N) is 2. The number of aromatic amines is 1. The third kappa shape index (κ3) is 3.02. The Morgan fingerprint density at radius 1 is 1.57 bits per heavy atom. The maximum atomic E-state index is 12.2. The molecule has 3 rings (SSSR count). The summed E-state index contributed by atoms with van der Waals surface area (Å²) in [6, 6.07) is 0.367. The van der Waals surface area contributed by atoms with E-state index in [0.717, 1.165) is 25.9 Å². The van der Waals surface area contributed by atoms with Crippen LogP contribution in [0.15, 0.2) is 12.4 Å². The first-order valence-corrected chi connectivity index (χ1v) is 8.65. The summed E-state index contributed by atoms with van der Waals surface area (Å²) in [7, 11) is 0. The summed E-state index contributed by atoms with van der Waals surface area (Å²) in [6.07, 6.45) is 4.80. The lowest BCUT2D eigenvalue weighted by Gasteiger charge is -2.58. The zero-order chi connectivity index (χ0) is 16.6. The molecule has 1 aromatic rings. The van der Waals surface area contributed by atoms with Gasteiger partial charge in [-0.25, -0.2) is 4.98 Å². The van der Waals surface area contributed by atoms with Crippen molar-refractivity contribution in [3.63, 3.8) is 0 Å². The molecule has 23 heavy (non-hydrogen) atoms. The first-order chi connectivity index (χ1) is 10.9. The average Bonchev–Trinajstić information content (AvgIpc) is 3.05. The van der Waals surface area contributed by atoms with E-state index in [9.17, 15) is 9.90 Å². The van der Waals surface area contributed by atoms with E-state index in [-0.39, 0.29) is 23.8 Å². The number of carbonyl (C=O) groups excluding carboxylic acids is 1. The second kappa shape index (κ2) is 6.24. The molecule has 6 heteroatoms. The number of aromatic nitrogens is 2. The minimum atomic E-state index is -0.448. The maximum absolute atomic E-state index is 12.2. The number of aliphatic hydroxyl groups excluding tert-OH is 1. The Bertz CT molecular complexity index is 545. The second-order valence-electron chi connectivity index (χ2n) is 7.48. The van der Waals surface area contributed by atoms with E-state index in [1.807, 2.05) is 0 Å². The van der Waals surface area contributed by atoms with Crippen molar-refractivity contribution in [1.29, 1.82) is 0 Å². The standard InChI is InChI=1S/C17H28N4O2/c1-4-21-10-17(16(21)11(2)3)8-12(13(22)9-17)20-15(23)7-14-18-5-6-19-14/h5-6,11-13,16,22H,4,7-10H2,1-3H3,(H,18,19)(H,20,23)/t12-,13-,16?,17?/m1/s1. The highest BCUT2D eigenvalue weighted by Crippen LogP contribution is 2.52. The molecule has 1 aliphatic carbocycles. The van der Waals surface area contributed by atoms with Gasteiger partial charge in [0.15, 0.2) is 0 Å². The van der Waals surface area contributed by atoms with Crippen LogP contribution >= 0.6 is 0 Å². The van der Waals surface area contributed by atoms with E-state index in [2.05, 4.69) is 41.0 Å². The predicted octanol–water partition coefficient (Wildman–Crippen LogP) is 0.938. The zero-order valence-corrected chi connectivity index (χ0v) is 14.2. The normalized spacial score (nSPS) is 34.0. The van der Waals surface area contributed by atoms with Gasteiger partial charge in [0.1, 0.15) is 5.82 Å². The van der Waals surface area contributed by atoms with Gasteiger partial charge in [-0.1, -0.05) is 20.8 Å². The lowest BCUT2D eigenvalue weighted by molar-refractivity contribution is -0.122. The SMILES string of the molecule is CCN1CC2(C[C@@H](O)[C@H](NC(=O)Cc3ncc[nH]3)C2)C1C(C)C. The van der Waals surface area contributed by atoms with Crippen molar-refractivity contribution >= 4 is 5.91 Å². The molecule has 0 aromatic carbocycles. The van der Waals surface area contributed by atoms with Gasteiger partial charge in [-0.05, 0) is 25.3 Å². The zero-order valence-electron chi connectivity index (χ0n) is 14.2. The highest BCUT2D eigenvalue weighted by atomic mass is 16.3. The maximum Gasteiger partial charge on any atom is 0.227 e. The average molecular weight is 320 g/mol. The van der Waals surface area contributed by atoms with Gasteiger partial charge < -0.3 is 15.4 Å². The quantitative estimate of drug-likeness (QED) is 0.754. The minimum Gasteiger partial charge on any atom is -0.391 e. The molecule has 1 saturated carbocycles. The number of amides is 1. The van der Waals surface area contributed by atoms with Gasteiger partial charge in [-0.2, -0.15) is 0 Å². The van der Waals surface area contributed by atoms with Gasteiger partial charge in [-0.15, -0.1) is 0 Å². The molecule has 128 valence electrons. The molecule has 1 aromatic heterocycles. The lowest BCUT2D eigenvalue weighted by atomic mass is 9.65. The molecular formula is C17H28N4O2. The first kappa shape index (κ1) is 16.5. The van der Waals surface area contributed by atoms with E-state index in [4.69, 9.17) is 0 Å². The number of H-pyrrole nitrogens is 1. The summed E-state index contributed by atoms with van der Waals surface area (Å²) >= 11 is 0.